The molecular formula is C38H53O5PSi. The Morgan fingerprint density at radius 2 is 1.51 bits per heavy atom. The lowest BCUT2D eigenvalue weighted by atomic mass is 9.82. The highest BCUT2D eigenvalue weighted by molar-refractivity contribution is 7.59. The number of carboxylic acids is 1. The maximum absolute atomic E-state index is 15.1. The summed E-state index contributed by atoms with van der Waals surface area (Å²) in [6.45, 7) is 12.8. The van der Waals surface area contributed by atoms with Crippen LogP contribution in [0.4, 0.5) is 0 Å². The fraction of sp³-hybridized carbons (Fsp3) is 0.500. The van der Waals surface area contributed by atoms with E-state index in [1.54, 1.807) is 0 Å². The topological polar surface area (TPSA) is 72.8 Å². The Hall–Kier alpha value is -2.50. The molecule has 0 aliphatic heterocycles. The molecule has 1 fully saturated rings. The van der Waals surface area contributed by atoms with E-state index in [9.17, 15) is 9.90 Å². The highest BCUT2D eigenvalue weighted by Gasteiger charge is 2.52. The van der Waals surface area contributed by atoms with Crippen molar-refractivity contribution in [2.45, 2.75) is 103 Å². The van der Waals surface area contributed by atoms with Gasteiger partial charge >= 0.3 is 5.97 Å². The number of hydrogen-bond donors (Lipinski definition) is 1. The van der Waals surface area contributed by atoms with Crippen LogP contribution < -0.4 is 10.4 Å². The van der Waals surface area contributed by atoms with Crippen LogP contribution in [0.15, 0.2) is 72.8 Å². The maximum Gasteiger partial charge on any atom is 0.305 e. The minimum atomic E-state index is -3.44. The fourth-order valence-corrected chi connectivity index (χ4v) is 14.8. The van der Waals surface area contributed by atoms with Gasteiger partial charge < -0.3 is 14.1 Å². The quantitative estimate of drug-likeness (QED) is 0.148. The molecule has 7 heteroatoms. The lowest BCUT2D eigenvalue weighted by Gasteiger charge is -2.45. The van der Waals surface area contributed by atoms with Crippen LogP contribution in [0, 0.1) is 19.8 Å². The Labute approximate surface area is 272 Å². The molecule has 0 amide bonds. The molecule has 3 atom stereocenters. The van der Waals surface area contributed by atoms with E-state index >= 15 is 4.57 Å². The largest absolute Gasteiger partial charge is 0.481 e. The molecule has 0 saturated heterocycles. The summed E-state index contributed by atoms with van der Waals surface area (Å²) >= 11 is 0. The summed E-state index contributed by atoms with van der Waals surface area (Å²) in [5.41, 5.74) is 4.28. The van der Waals surface area contributed by atoms with Crippen molar-refractivity contribution < 1.29 is 23.4 Å². The van der Waals surface area contributed by atoms with E-state index in [4.69, 9.17) is 8.95 Å². The molecule has 3 unspecified atom stereocenters. The van der Waals surface area contributed by atoms with Gasteiger partial charge in [-0.15, -0.1) is 0 Å². The smallest absolute Gasteiger partial charge is 0.305 e. The van der Waals surface area contributed by atoms with E-state index in [0.717, 1.165) is 27.9 Å². The summed E-state index contributed by atoms with van der Waals surface area (Å²) in [5, 5.41) is 11.9. The van der Waals surface area contributed by atoms with E-state index in [1.165, 1.54) is 50.3 Å². The predicted octanol–water partition coefficient (Wildman–Crippen LogP) is 8.83. The van der Waals surface area contributed by atoms with Gasteiger partial charge in [0, 0.05) is 7.11 Å². The predicted molar refractivity (Wildman–Crippen MR) is 189 cm³/mol. The molecule has 5 nitrogen and oxygen atoms in total. The average molecular weight is 649 g/mol. The van der Waals surface area contributed by atoms with Crippen molar-refractivity contribution >= 4 is 32.0 Å². The zero-order valence-electron chi connectivity index (χ0n) is 28.3. The highest BCUT2D eigenvalue weighted by Crippen LogP contribution is 2.61. The molecule has 0 radical (unpaired) electrons. The lowest BCUT2D eigenvalue weighted by Crippen LogP contribution is -2.68. The van der Waals surface area contributed by atoms with Crippen LogP contribution in [0.3, 0.4) is 0 Å². The lowest BCUT2D eigenvalue weighted by molar-refractivity contribution is -0.138. The second-order valence-corrected chi connectivity index (χ2v) is 21.3. The van der Waals surface area contributed by atoms with Crippen LogP contribution in [-0.4, -0.2) is 38.8 Å². The Balaban J connectivity index is 1.79. The van der Waals surface area contributed by atoms with Gasteiger partial charge in [-0.3, -0.25) is 9.36 Å². The molecule has 0 spiro atoms. The monoisotopic (exact) mass is 648 g/mol. The zero-order valence-corrected chi connectivity index (χ0v) is 30.2. The molecule has 1 saturated carbocycles. The first-order valence-corrected chi connectivity index (χ1v) is 20.3. The van der Waals surface area contributed by atoms with Crippen molar-refractivity contribution in [3.05, 3.63) is 95.1 Å². The van der Waals surface area contributed by atoms with Crippen molar-refractivity contribution in [3.8, 4) is 0 Å². The van der Waals surface area contributed by atoms with Gasteiger partial charge in [-0.25, -0.2) is 0 Å². The molecule has 45 heavy (non-hydrogen) atoms. The third kappa shape index (κ3) is 8.08. The minimum Gasteiger partial charge on any atom is -0.481 e. The molecule has 0 bridgehead atoms. The van der Waals surface area contributed by atoms with Crippen molar-refractivity contribution in [1.29, 1.82) is 0 Å². The first kappa shape index (κ1) is 35.4. The van der Waals surface area contributed by atoms with Crippen LogP contribution in [0.1, 0.15) is 94.1 Å². The Morgan fingerprint density at radius 1 is 0.956 bits per heavy atom. The molecule has 244 valence electrons. The van der Waals surface area contributed by atoms with Gasteiger partial charge in [-0.05, 0) is 65.2 Å². The van der Waals surface area contributed by atoms with Gasteiger partial charge in [0.25, 0.3) is 8.32 Å². The molecule has 4 rings (SSSR count). The summed E-state index contributed by atoms with van der Waals surface area (Å²) < 4.78 is 28.4. The summed E-state index contributed by atoms with van der Waals surface area (Å²) in [6.07, 6.45) is 6.25. The maximum atomic E-state index is 15.1. The summed E-state index contributed by atoms with van der Waals surface area (Å²) in [6, 6.07) is 24.8. The van der Waals surface area contributed by atoms with Crippen LogP contribution >= 0.6 is 7.37 Å². The molecule has 3 aromatic rings. The molecule has 1 aliphatic rings. The normalized spacial score (nSPS) is 17.4. The Bertz CT molecular complexity index is 1420. The van der Waals surface area contributed by atoms with Gasteiger partial charge in [-0.1, -0.05) is 131 Å². The summed E-state index contributed by atoms with van der Waals surface area (Å²) in [4.78, 5) is 12.4. The van der Waals surface area contributed by atoms with E-state index in [2.05, 4.69) is 71.0 Å². The van der Waals surface area contributed by atoms with E-state index in [-0.39, 0.29) is 17.6 Å². The number of aliphatic carboxylic acids is 1. The molecular weight excluding hydrogens is 595 g/mol. The number of rotatable bonds is 13. The fourth-order valence-electron chi connectivity index (χ4n) is 7.69. The number of carboxylic acid groups (broad SMARTS) is 1. The Morgan fingerprint density at radius 3 is 2.00 bits per heavy atom. The second-order valence-electron chi connectivity index (χ2n) is 14.1. The number of aryl methyl sites for hydroxylation is 2. The number of hydrogen-bond acceptors (Lipinski definition) is 4. The van der Waals surface area contributed by atoms with E-state index < -0.39 is 33.4 Å². The van der Waals surface area contributed by atoms with Crippen molar-refractivity contribution in [2.75, 3.05) is 13.3 Å². The Kier molecular flexibility index (Phi) is 11.7. The van der Waals surface area contributed by atoms with Gasteiger partial charge in [0.2, 0.25) is 7.37 Å². The van der Waals surface area contributed by atoms with Gasteiger partial charge in [-0.2, -0.15) is 0 Å². The van der Waals surface area contributed by atoms with Crippen molar-refractivity contribution in [2.24, 2.45) is 5.92 Å². The third-order valence-electron chi connectivity index (χ3n) is 9.79. The minimum absolute atomic E-state index is 0.0254. The van der Waals surface area contributed by atoms with Gasteiger partial charge in [0.05, 0.1) is 24.3 Å². The third-order valence-corrected chi connectivity index (χ3v) is 17.9. The highest BCUT2D eigenvalue weighted by atomic mass is 31.2. The standard InChI is InChI=1S/C38H53O5PSi/c1-28-23-29(2)37(32(24-28)25-31-17-11-8-12-18-31)30(3)44(41,42-7)27-33(26-36(39)40)43-45(38(4,5)6,34-19-13-9-14-20-34)35-21-15-10-16-22-35/h9-10,13-16,19-24,30-31,33H,8,11-12,17-18,25-27H2,1-7H3,(H,39,40). The van der Waals surface area contributed by atoms with Crippen LogP contribution in [0.5, 0.6) is 0 Å². The summed E-state index contributed by atoms with van der Waals surface area (Å²) in [7, 11) is -5.02. The van der Waals surface area contributed by atoms with Crippen LogP contribution in [0.2, 0.25) is 5.04 Å². The summed E-state index contributed by atoms with van der Waals surface area (Å²) in [5.74, 6) is -0.344. The first-order valence-electron chi connectivity index (χ1n) is 16.6. The van der Waals surface area contributed by atoms with Crippen molar-refractivity contribution in [1.82, 2.24) is 0 Å². The van der Waals surface area contributed by atoms with Crippen molar-refractivity contribution in [3.63, 3.8) is 0 Å². The molecule has 1 N–H and O–H groups in total. The SMILES string of the molecule is COP(=O)(CC(CC(=O)O)O[Si](c1ccccc1)(c1ccccc1)C(C)(C)C)C(C)c1c(C)cc(C)cc1CC1CCCCC1. The molecule has 0 aromatic heterocycles. The molecule has 0 heterocycles. The number of carbonyl (C=O) groups is 1. The zero-order chi connectivity index (χ0) is 32.8. The molecule has 3 aromatic carbocycles. The van der Waals surface area contributed by atoms with E-state index in [1.807, 2.05) is 43.3 Å². The average Bonchev–Trinajstić information content (AvgIpc) is 2.99. The van der Waals surface area contributed by atoms with E-state index in [0.29, 0.717) is 5.92 Å². The molecule has 1 aliphatic carbocycles. The van der Waals surface area contributed by atoms with Crippen LogP contribution in [-0.2, 0) is 24.7 Å². The number of benzene rings is 3. The van der Waals surface area contributed by atoms with Gasteiger partial charge in [0.1, 0.15) is 0 Å². The van der Waals surface area contributed by atoms with Gasteiger partial charge in [0.15, 0.2) is 0 Å². The van der Waals surface area contributed by atoms with Crippen LogP contribution in [0.25, 0.3) is 0 Å². The first-order chi connectivity index (χ1) is 21.3. The second kappa shape index (κ2) is 14.9.